The van der Waals surface area contributed by atoms with Gasteiger partial charge in [-0.2, -0.15) is 0 Å². The van der Waals surface area contributed by atoms with Gasteiger partial charge in [-0.1, -0.05) is 56.1 Å². The van der Waals surface area contributed by atoms with Crippen LogP contribution in [0.3, 0.4) is 0 Å². The quantitative estimate of drug-likeness (QED) is 0.357. The number of ether oxygens (including phenoxy) is 1. The average Bonchev–Trinajstić information content (AvgIpc) is 3.10. The number of H-pyrrole nitrogens is 1. The predicted molar refractivity (Wildman–Crippen MR) is 118 cm³/mol. The minimum atomic E-state index is -0.848. The Hall–Kier alpha value is -2.52. The second-order valence-corrected chi connectivity index (χ2v) is 8.24. The van der Waals surface area contributed by atoms with Crippen molar-refractivity contribution in [2.45, 2.75) is 50.4 Å². The fourth-order valence-corrected chi connectivity index (χ4v) is 4.16. The van der Waals surface area contributed by atoms with E-state index in [4.69, 9.17) is 4.74 Å². The second kappa shape index (κ2) is 10.5. The summed E-state index contributed by atoms with van der Waals surface area (Å²) in [5.41, 5.74) is -0.415. The Labute approximate surface area is 178 Å². The third-order valence-corrected chi connectivity index (χ3v) is 5.84. The zero-order valence-corrected chi connectivity index (χ0v) is 18.2. The number of thioether (sulfide) groups is 1. The SMILES string of the molecule is CCCCCCSc1nc2c(c(=O)[nH]c(=O)n2C)n1C[C@@H](O)COc1ccccc1. The highest BCUT2D eigenvalue weighted by molar-refractivity contribution is 7.99. The molecule has 0 aliphatic rings. The Morgan fingerprint density at radius 2 is 1.97 bits per heavy atom. The molecule has 3 aromatic rings. The maximum atomic E-state index is 12.5. The van der Waals surface area contributed by atoms with Crippen LogP contribution in [-0.4, -0.2) is 42.7 Å². The molecule has 0 bridgehead atoms. The molecule has 0 aliphatic heterocycles. The highest BCUT2D eigenvalue weighted by Crippen LogP contribution is 2.23. The molecule has 9 heteroatoms. The minimum Gasteiger partial charge on any atom is -0.491 e. The number of benzene rings is 1. The topological polar surface area (TPSA) is 102 Å². The normalized spacial score (nSPS) is 12.4. The van der Waals surface area contributed by atoms with E-state index in [1.54, 1.807) is 11.6 Å². The lowest BCUT2D eigenvalue weighted by Gasteiger charge is -2.15. The molecule has 30 heavy (non-hydrogen) atoms. The third-order valence-electron chi connectivity index (χ3n) is 4.78. The van der Waals surface area contributed by atoms with Gasteiger partial charge in [-0.25, -0.2) is 9.78 Å². The smallest absolute Gasteiger partial charge is 0.329 e. The molecule has 3 rings (SSSR count). The van der Waals surface area contributed by atoms with E-state index in [-0.39, 0.29) is 18.7 Å². The van der Waals surface area contributed by atoms with Gasteiger partial charge in [0.05, 0.1) is 6.54 Å². The number of fused-ring (bicyclic) bond motifs is 1. The van der Waals surface area contributed by atoms with Crippen LogP contribution in [0.25, 0.3) is 11.2 Å². The molecule has 2 aromatic heterocycles. The first-order chi connectivity index (χ1) is 14.5. The van der Waals surface area contributed by atoms with Crippen LogP contribution in [0.15, 0.2) is 45.1 Å². The van der Waals surface area contributed by atoms with Crippen LogP contribution in [0.4, 0.5) is 0 Å². The Morgan fingerprint density at radius 1 is 1.20 bits per heavy atom. The van der Waals surface area contributed by atoms with E-state index >= 15 is 0 Å². The molecule has 2 heterocycles. The molecule has 1 atom stereocenters. The van der Waals surface area contributed by atoms with Gasteiger partial charge in [0.1, 0.15) is 18.5 Å². The first kappa shape index (κ1) is 22.2. The molecular weight excluding hydrogens is 404 g/mol. The van der Waals surface area contributed by atoms with Crippen molar-refractivity contribution in [1.29, 1.82) is 0 Å². The second-order valence-electron chi connectivity index (χ2n) is 7.18. The highest BCUT2D eigenvalue weighted by Gasteiger charge is 2.20. The summed E-state index contributed by atoms with van der Waals surface area (Å²) < 4.78 is 8.65. The summed E-state index contributed by atoms with van der Waals surface area (Å²) in [5, 5.41) is 11.2. The fourth-order valence-electron chi connectivity index (χ4n) is 3.16. The van der Waals surface area contributed by atoms with Gasteiger partial charge in [-0.15, -0.1) is 0 Å². The average molecular weight is 433 g/mol. The number of hydrogen-bond acceptors (Lipinski definition) is 6. The molecule has 0 saturated heterocycles. The van der Waals surface area contributed by atoms with Crippen molar-refractivity contribution in [2.24, 2.45) is 7.05 Å². The number of aromatic nitrogens is 4. The molecule has 0 aliphatic carbocycles. The minimum absolute atomic E-state index is 0.0773. The standard InChI is InChI=1S/C21H28N4O4S/c1-3-4-5-9-12-30-21-22-18-17(19(27)23-20(28)24(18)2)25(21)13-15(26)14-29-16-10-7-6-8-11-16/h6-8,10-11,15,26H,3-5,9,12-14H2,1-2H3,(H,23,27,28)/t15-/m1/s1. The van der Waals surface area contributed by atoms with Crippen LogP contribution in [0.5, 0.6) is 5.75 Å². The molecule has 0 spiro atoms. The van der Waals surface area contributed by atoms with Gasteiger partial charge in [0.2, 0.25) is 0 Å². The lowest BCUT2D eigenvalue weighted by atomic mass is 10.2. The van der Waals surface area contributed by atoms with E-state index < -0.39 is 17.4 Å². The van der Waals surface area contributed by atoms with Crippen LogP contribution >= 0.6 is 11.8 Å². The van der Waals surface area contributed by atoms with Crippen molar-refractivity contribution < 1.29 is 9.84 Å². The van der Waals surface area contributed by atoms with Crippen molar-refractivity contribution in [3.63, 3.8) is 0 Å². The summed E-state index contributed by atoms with van der Waals surface area (Å²) in [6, 6.07) is 9.24. The van der Waals surface area contributed by atoms with Gasteiger partial charge in [0.25, 0.3) is 5.56 Å². The van der Waals surface area contributed by atoms with Crippen molar-refractivity contribution in [2.75, 3.05) is 12.4 Å². The zero-order chi connectivity index (χ0) is 21.5. The monoisotopic (exact) mass is 432 g/mol. The first-order valence-corrected chi connectivity index (χ1v) is 11.2. The van der Waals surface area contributed by atoms with Crippen LogP contribution in [0, 0.1) is 0 Å². The molecule has 162 valence electrons. The summed E-state index contributed by atoms with van der Waals surface area (Å²) >= 11 is 1.53. The summed E-state index contributed by atoms with van der Waals surface area (Å²) in [5.74, 6) is 1.52. The predicted octanol–water partition coefficient (Wildman–Crippen LogP) is 2.54. The fraction of sp³-hybridized carbons (Fsp3) is 0.476. The Bertz CT molecular complexity index is 1070. The van der Waals surface area contributed by atoms with Crippen LogP contribution in [-0.2, 0) is 13.6 Å². The van der Waals surface area contributed by atoms with Crippen molar-refractivity contribution >= 4 is 22.9 Å². The number of hydrogen-bond donors (Lipinski definition) is 2. The summed E-state index contributed by atoms with van der Waals surface area (Å²) in [7, 11) is 1.57. The van der Waals surface area contributed by atoms with E-state index in [2.05, 4.69) is 16.9 Å². The Morgan fingerprint density at radius 3 is 2.70 bits per heavy atom. The third kappa shape index (κ3) is 5.34. The molecule has 0 radical (unpaired) electrons. The Kier molecular flexibility index (Phi) is 7.75. The summed E-state index contributed by atoms with van der Waals surface area (Å²) in [4.78, 5) is 31.3. The molecule has 2 N–H and O–H groups in total. The van der Waals surface area contributed by atoms with E-state index in [1.165, 1.54) is 22.7 Å². The molecule has 0 amide bonds. The first-order valence-electron chi connectivity index (χ1n) is 10.2. The van der Waals surface area contributed by atoms with Gasteiger partial charge in [0, 0.05) is 12.8 Å². The van der Waals surface area contributed by atoms with Crippen LogP contribution in [0.2, 0.25) is 0 Å². The van der Waals surface area contributed by atoms with Gasteiger partial charge in [-0.05, 0) is 18.6 Å². The van der Waals surface area contributed by atoms with Gasteiger partial charge >= 0.3 is 5.69 Å². The number of rotatable bonds is 11. The lowest BCUT2D eigenvalue weighted by Crippen LogP contribution is -2.30. The molecule has 0 fully saturated rings. The maximum Gasteiger partial charge on any atom is 0.329 e. The summed E-state index contributed by atoms with van der Waals surface area (Å²) in [6.07, 6.45) is 3.67. The van der Waals surface area contributed by atoms with E-state index in [0.717, 1.165) is 25.0 Å². The molecule has 0 unspecified atom stereocenters. The van der Waals surface area contributed by atoms with E-state index in [0.29, 0.717) is 16.6 Å². The largest absolute Gasteiger partial charge is 0.491 e. The number of imidazole rings is 1. The lowest BCUT2D eigenvalue weighted by molar-refractivity contribution is 0.0914. The number of nitrogens with zero attached hydrogens (tertiary/aromatic N) is 3. The van der Waals surface area contributed by atoms with E-state index in [1.807, 2.05) is 30.3 Å². The van der Waals surface area contributed by atoms with Crippen molar-refractivity contribution in [3.8, 4) is 5.75 Å². The van der Waals surface area contributed by atoms with Crippen molar-refractivity contribution in [1.82, 2.24) is 19.1 Å². The summed E-state index contributed by atoms with van der Waals surface area (Å²) in [6.45, 7) is 2.38. The highest BCUT2D eigenvalue weighted by atomic mass is 32.2. The van der Waals surface area contributed by atoms with Gasteiger partial charge in [0.15, 0.2) is 16.3 Å². The number of unbranched alkanes of at least 4 members (excludes halogenated alkanes) is 3. The number of aromatic amines is 1. The number of aryl methyl sites for hydroxylation is 1. The number of aliphatic hydroxyl groups excluding tert-OH is 1. The molecule has 1 aromatic carbocycles. The number of aliphatic hydroxyl groups is 1. The molecule has 0 saturated carbocycles. The number of nitrogens with one attached hydrogen (secondary N) is 1. The van der Waals surface area contributed by atoms with Gasteiger partial charge in [-0.3, -0.25) is 14.3 Å². The Balaban J connectivity index is 1.82. The maximum absolute atomic E-state index is 12.5. The molecule has 8 nitrogen and oxygen atoms in total. The van der Waals surface area contributed by atoms with Gasteiger partial charge < -0.3 is 14.4 Å². The van der Waals surface area contributed by atoms with Crippen LogP contribution < -0.4 is 16.0 Å². The number of para-hydroxylation sites is 1. The molecular formula is C21H28N4O4S. The van der Waals surface area contributed by atoms with E-state index in [9.17, 15) is 14.7 Å². The van der Waals surface area contributed by atoms with Crippen molar-refractivity contribution in [3.05, 3.63) is 51.2 Å². The zero-order valence-electron chi connectivity index (χ0n) is 17.3. The van der Waals surface area contributed by atoms with Crippen LogP contribution in [0.1, 0.15) is 32.6 Å².